The fourth-order valence-corrected chi connectivity index (χ4v) is 2.08. The first-order valence-corrected chi connectivity index (χ1v) is 6.24. The third-order valence-electron chi connectivity index (χ3n) is 1.96. The van der Waals surface area contributed by atoms with Gasteiger partial charge in [0.05, 0.1) is 28.6 Å². The van der Waals surface area contributed by atoms with Gasteiger partial charge < -0.3 is 4.57 Å². The summed E-state index contributed by atoms with van der Waals surface area (Å²) < 4.78 is 3.01. The molecule has 2 rings (SSSR count). The maximum Gasteiger partial charge on any atom is 0.0996 e. The highest BCUT2D eigenvalue weighted by molar-refractivity contribution is 14.1. The first-order chi connectivity index (χ1) is 7.20. The number of rotatable bonds is 2. The van der Waals surface area contributed by atoms with Crippen LogP contribution in [0.15, 0.2) is 30.7 Å². The number of aromatic nitrogens is 2. The third-order valence-corrected chi connectivity index (χ3v) is 3.22. The fourth-order valence-electron chi connectivity index (χ4n) is 1.25. The van der Waals surface area contributed by atoms with Crippen molar-refractivity contribution in [2.75, 3.05) is 0 Å². The van der Waals surface area contributed by atoms with Crippen LogP contribution in [0.25, 0.3) is 5.69 Å². The van der Waals surface area contributed by atoms with E-state index in [1.165, 1.54) is 0 Å². The van der Waals surface area contributed by atoms with E-state index >= 15 is 0 Å². The number of imidazole rings is 1. The highest BCUT2D eigenvalue weighted by Gasteiger charge is 2.04. The zero-order valence-corrected chi connectivity index (χ0v) is 11.3. The maximum atomic E-state index is 6.10. The van der Waals surface area contributed by atoms with Gasteiger partial charge in [0, 0.05) is 9.77 Å². The molecule has 15 heavy (non-hydrogen) atoms. The summed E-state index contributed by atoms with van der Waals surface area (Å²) in [5.41, 5.74) is 1.76. The monoisotopic (exact) mass is 352 g/mol. The lowest BCUT2D eigenvalue weighted by molar-refractivity contribution is 1.06. The van der Waals surface area contributed by atoms with Gasteiger partial charge in [0.2, 0.25) is 0 Å². The average Bonchev–Trinajstić information content (AvgIpc) is 2.70. The Morgan fingerprint density at radius 2 is 2.20 bits per heavy atom. The molecule has 0 fully saturated rings. The number of halogens is 3. The smallest absolute Gasteiger partial charge is 0.0996 e. The topological polar surface area (TPSA) is 17.8 Å². The quantitative estimate of drug-likeness (QED) is 0.592. The van der Waals surface area contributed by atoms with Crippen LogP contribution in [0.5, 0.6) is 0 Å². The van der Waals surface area contributed by atoms with E-state index in [1.807, 2.05) is 29.0 Å². The van der Waals surface area contributed by atoms with Crippen LogP contribution in [0.1, 0.15) is 5.69 Å². The molecule has 2 nitrogen and oxygen atoms in total. The number of benzene rings is 1. The fraction of sp³-hybridized carbons (Fsp3) is 0.100. The molecule has 0 aliphatic carbocycles. The van der Waals surface area contributed by atoms with Crippen molar-refractivity contribution >= 4 is 45.8 Å². The van der Waals surface area contributed by atoms with Gasteiger partial charge >= 0.3 is 0 Å². The molecule has 1 heterocycles. The number of nitrogens with zero attached hydrogens (tertiary/aromatic N) is 2. The van der Waals surface area contributed by atoms with Gasteiger partial charge in [-0.25, -0.2) is 4.98 Å². The van der Waals surface area contributed by atoms with E-state index in [0.29, 0.717) is 10.9 Å². The minimum atomic E-state index is 0.411. The minimum absolute atomic E-state index is 0.411. The van der Waals surface area contributed by atoms with Crippen molar-refractivity contribution in [3.63, 3.8) is 0 Å². The molecule has 0 radical (unpaired) electrons. The Hall–Kier alpha value is -0.260. The summed E-state index contributed by atoms with van der Waals surface area (Å²) in [6.45, 7) is 0. The van der Waals surface area contributed by atoms with Crippen LogP contribution < -0.4 is 0 Å². The molecular formula is C10H7Cl2IN2. The Bertz CT molecular complexity index is 482. The first kappa shape index (κ1) is 11.2. The van der Waals surface area contributed by atoms with Gasteiger partial charge in [-0.3, -0.25) is 0 Å². The molecule has 0 bridgehead atoms. The molecule has 0 unspecified atom stereocenters. The summed E-state index contributed by atoms with van der Waals surface area (Å²) >= 11 is 14.0. The summed E-state index contributed by atoms with van der Waals surface area (Å²) in [7, 11) is 0. The Balaban J connectivity index is 2.48. The molecule has 5 heteroatoms. The summed E-state index contributed by atoms with van der Waals surface area (Å²) in [4.78, 5) is 4.15. The molecule has 0 amide bonds. The van der Waals surface area contributed by atoms with E-state index in [1.54, 1.807) is 6.33 Å². The molecule has 1 aromatic carbocycles. The van der Waals surface area contributed by atoms with Gasteiger partial charge in [-0.1, -0.05) is 11.6 Å². The standard InChI is InChI=1S/C10H7Cl2IN2/c11-4-8-5-15(6-14-8)10-3-7(13)1-2-9(10)12/h1-3,5-6H,4H2. The summed E-state index contributed by atoms with van der Waals surface area (Å²) in [6, 6.07) is 5.84. The van der Waals surface area contributed by atoms with Crippen LogP contribution in [-0.4, -0.2) is 9.55 Å². The normalized spacial score (nSPS) is 10.6. The zero-order valence-electron chi connectivity index (χ0n) is 7.62. The SMILES string of the molecule is ClCc1cn(-c2cc(I)ccc2Cl)cn1. The third kappa shape index (κ3) is 2.46. The lowest BCUT2D eigenvalue weighted by Gasteiger charge is -2.04. The predicted octanol–water partition coefficient (Wildman–Crippen LogP) is 3.87. The number of hydrogen-bond acceptors (Lipinski definition) is 1. The van der Waals surface area contributed by atoms with Crippen molar-refractivity contribution in [2.24, 2.45) is 0 Å². The second-order valence-corrected chi connectivity index (χ2v) is 4.92. The summed E-state index contributed by atoms with van der Waals surface area (Å²) in [6.07, 6.45) is 3.60. The van der Waals surface area contributed by atoms with Crippen molar-refractivity contribution in [3.8, 4) is 5.69 Å². The van der Waals surface area contributed by atoms with Crippen molar-refractivity contribution in [2.45, 2.75) is 5.88 Å². The highest BCUT2D eigenvalue weighted by Crippen LogP contribution is 2.23. The Labute approximate surface area is 111 Å². The van der Waals surface area contributed by atoms with Crippen LogP contribution in [0.4, 0.5) is 0 Å². The average molecular weight is 353 g/mol. The van der Waals surface area contributed by atoms with E-state index in [2.05, 4.69) is 27.6 Å². The van der Waals surface area contributed by atoms with E-state index in [4.69, 9.17) is 23.2 Å². The van der Waals surface area contributed by atoms with E-state index in [0.717, 1.165) is 15.0 Å². The second kappa shape index (κ2) is 4.72. The molecule has 0 atom stereocenters. The van der Waals surface area contributed by atoms with E-state index in [9.17, 15) is 0 Å². The number of alkyl halides is 1. The van der Waals surface area contributed by atoms with Crippen LogP contribution in [0, 0.1) is 3.57 Å². The van der Waals surface area contributed by atoms with Gasteiger partial charge in [0.25, 0.3) is 0 Å². The van der Waals surface area contributed by atoms with Crippen molar-refractivity contribution in [3.05, 3.63) is 45.0 Å². The van der Waals surface area contributed by atoms with Crippen LogP contribution in [0.2, 0.25) is 5.02 Å². The van der Waals surface area contributed by atoms with Crippen molar-refractivity contribution in [1.29, 1.82) is 0 Å². The van der Waals surface area contributed by atoms with Crippen molar-refractivity contribution < 1.29 is 0 Å². The predicted molar refractivity (Wildman–Crippen MR) is 70.8 cm³/mol. The summed E-state index contributed by atoms with van der Waals surface area (Å²) in [5.74, 6) is 0.411. The highest BCUT2D eigenvalue weighted by atomic mass is 127. The Morgan fingerprint density at radius 3 is 2.87 bits per heavy atom. The van der Waals surface area contributed by atoms with E-state index < -0.39 is 0 Å². The molecule has 0 saturated heterocycles. The van der Waals surface area contributed by atoms with Crippen LogP contribution >= 0.6 is 45.8 Å². The molecule has 78 valence electrons. The van der Waals surface area contributed by atoms with Gasteiger partial charge in [-0.2, -0.15) is 0 Å². The molecule has 1 aromatic heterocycles. The lowest BCUT2D eigenvalue weighted by atomic mass is 10.3. The van der Waals surface area contributed by atoms with Crippen LogP contribution in [-0.2, 0) is 5.88 Å². The molecule has 2 aromatic rings. The zero-order chi connectivity index (χ0) is 10.8. The van der Waals surface area contributed by atoms with Gasteiger partial charge in [0.15, 0.2) is 0 Å². The minimum Gasteiger partial charge on any atom is -0.304 e. The molecular weight excluding hydrogens is 346 g/mol. The van der Waals surface area contributed by atoms with Crippen molar-refractivity contribution in [1.82, 2.24) is 9.55 Å². The van der Waals surface area contributed by atoms with E-state index in [-0.39, 0.29) is 0 Å². The molecule has 0 aliphatic heterocycles. The largest absolute Gasteiger partial charge is 0.304 e. The second-order valence-electron chi connectivity index (χ2n) is 3.00. The maximum absolute atomic E-state index is 6.10. The number of hydrogen-bond donors (Lipinski definition) is 0. The first-order valence-electron chi connectivity index (χ1n) is 4.25. The van der Waals surface area contributed by atoms with Gasteiger partial charge in [0.1, 0.15) is 0 Å². The lowest BCUT2D eigenvalue weighted by Crippen LogP contribution is -1.91. The Kier molecular flexibility index (Phi) is 3.53. The molecule has 0 saturated carbocycles. The molecule has 0 N–H and O–H groups in total. The Morgan fingerprint density at radius 1 is 1.40 bits per heavy atom. The molecule has 0 aliphatic rings. The molecule has 0 spiro atoms. The summed E-state index contributed by atoms with van der Waals surface area (Å²) in [5, 5.41) is 0.703. The van der Waals surface area contributed by atoms with Crippen LogP contribution in [0.3, 0.4) is 0 Å². The van der Waals surface area contributed by atoms with Gasteiger partial charge in [-0.05, 0) is 40.8 Å². The van der Waals surface area contributed by atoms with Gasteiger partial charge in [-0.15, -0.1) is 11.6 Å².